The first kappa shape index (κ1) is 15.4. The fourth-order valence-electron chi connectivity index (χ4n) is 2.71. The quantitative estimate of drug-likeness (QED) is 0.868. The van der Waals surface area contributed by atoms with Crippen molar-refractivity contribution in [3.63, 3.8) is 0 Å². The third-order valence-electron chi connectivity index (χ3n) is 3.93. The number of para-hydroxylation sites is 1. The van der Waals surface area contributed by atoms with E-state index in [0.717, 1.165) is 19.3 Å². The lowest BCUT2D eigenvalue weighted by atomic mass is 9.86. The molecule has 0 spiro atoms. The van der Waals surface area contributed by atoms with Crippen LogP contribution in [-0.2, 0) is 4.79 Å². The molecule has 0 heterocycles. The fourth-order valence-corrected chi connectivity index (χ4v) is 2.71. The normalized spacial score (nSPS) is 21.6. The van der Waals surface area contributed by atoms with E-state index in [9.17, 15) is 9.59 Å². The number of hydrogen-bond acceptors (Lipinski definition) is 3. The zero-order chi connectivity index (χ0) is 15.2. The molecule has 1 aliphatic carbocycles. The summed E-state index contributed by atoms with van der Waals surface area (Å²) in [5.74, 6) is 0.151. The van der Waals surface area contributed by atoms with Gasteiger partial charge in [0.25, 0.3) is 11.8 Å². The predicted octanol–water partition coefficient (Wildman–Crippen LogP) is 1.86. The molecule has 1 aromatic carbocycles. The molecule has 0 bridgehead atoms. The van der Waals surface area contributed by atoms with Crippen molar-refractivity contribution < 1.29 is 14.3 Å². The average molecular weight is 290 g/mol. The Kier molecular flexibility index (Phi) is 5.20. The van der Waals surface area contributed by atoms with Gasteiger partial charge in [-0.1, -0.05) is 31.9 Å². The monoisotopic (exact) mass is 290 g/mol. The highest BCUT2D eigenvalue weighted by molar-refractivity contribution is 5.97. The molecular weight excluding hydrogens is 268 g/mol. The minimum Gasteiger partial charge on any atom is -0.483 e. The Morgan fingerprint density at radius 2 is 2.00 bits per heavy atom. The second-order valence-corrected chi connectivity index (χ2v) is 5.59. The summed E-state index contributed by atoms with van der Waals surface area (Å²) >= 11 is 0. The van der Waals surface area contributed by atoms with Crippen LogP contribution in [0, 0.1) is 5.92 Å². The van der Waals surface area contributed by atoms with Gasteiger partial charge in [-0.3, -0.25) is 9.59 Å². The lowest BCUT2D eigenvalue weighted by Crippen LogP contribution is -2.41. The van der Waals surface area contributed by atoms with Gasteiger partial charge in [0.05, 0.1) is 5.56 Å². The molecule has 21 heavy (non-hydrogen) atoms. The Morgan fingerprint density at radius 3 is 2.71 bits per heavy atom. The Bertz CT molecular complexity index is 516. The van der Waals surface area contributed by atoms with Crippen LogP contribution >= 0.6 is 0 Å². The van der Waals surface area contributed by atoms with Gasteiger partial charge in [-0.25, -0.2) is 0 Å². The van der Waals surface area contributed by atoms with Crippen LogP contribution in [0.4, 0.5) is 0 Å². The standard InChI is InChI=1S/C16H22N2O3/c1-11-6-2-4-8-13(11)18-16(20)12-7-3-5-9-14(12)21-10-15(17)19/h3,5,7,9,11,13H,2,4,6,8,10H2,1H3,(H2,17,19)(H,18,20). The Hall–Kier alpha value is -2.04. The molecule has 2 atom stereocenters. The maximum absolute atomic E-state index is 12.4. The van der Waals surface area contributed by atoms with Crippen LogP contribution < -0.4 is 15.8 Å². The zero-order valence-electron chi connectivity index (χ0n) is 12.3. The van der Waals surface area contributed by atoms with E-state index in [-0.39, 0.29) is 18.6 Å². The molecule has 0 saturated heterocycles. The van der Waals surface area contributed by atoms with Gasteiger partial charge >= 0.3 is 0 Å². The highest BCUT2D eigenvalue weighted by Gasteiger charge is 2.24. The summed E-state index contributed by atoms with van der Waals surface area (Å²) in [5, 5.41) is 3.08. The van der Waals surface area contributed by atoms with Crippen molar-refractivity contribution in [3.05, 3.63) is 29.8 Å². The van der Waals surface area contributed by atoms with Crippen LogP contribution in [0.5, 0.6) is 5.75 Å². The zero-order valence-corrected chi connectivity index (χ0v) is 12.3. The summed E-state index contributed by atoms with van der Waals surface area (Å²) in [6.07, 6.45) is 4.53. The molecule has 1 saturated carbocycles. The molecule has 5 heteroatoms. The van der Waals surface area contributed by atoms with Gasteiger partial charge in [0.15, 0.2) is 6.61 Å². The number of nitrogens with one attached hydrogen (secondary N) is 1. The van der Waals surface area contributed by atoms with Gasteiger partial charge < -0.3 is 15.8 Å². The molecule has 1 aliphatic rings. The van der Waals surface area contributed by atoms with Gasteiger partial charge in [0.2, 0.25) is 0 Å². The molecule has 2 amide bonds. The Balaban J connectivity index is 2.06. The number of amides is 2. The molecule has 1 aromatic rings. The van der Waals surface area contributed by atoms with Gasteiger partial charge in [-0.05, 0) is 30.9 Å². The van der Waals surface area contributed by atoms with E-state index < -0.39 is 5.91 Å². The largest absolute Gasteiger partial charge is 0.483 e. The van der Waals surface area contributed by atoms with Crippen LogP contribution in [0.25, 0.3) is 0 Å². The number of hydrogen-bond donors (Lipinski definition) is 2. The fraction of sp³-hybridized carbons (Fsp3) is 0.500. The summed E-state index contributed by atoms with van der Waals surface area (Å²) in [4.78, 5) is 23.2. The van der Waals surface area contributed by atoms with Crippen molar-refractivity contribution in [2.24, 2.45) is 11.7 Å². The molecule has 2 rings (SSSR count). The summed E-state index contributed by atoms with van der Waals surface area (Å²) in [7, 11) is 0. The number of ether oxygens (including phenoxy) is 1. The first-order valence-corrected chi connectivity index (χ1v) is 7.39. The first-order valence-electron chi connectivity index (χ1n) is 7.39. The van der Waals surface area contributed by atoms with Gasteiger partial charge in [0, 0.05) is 6.04 Å². The maximum atomic E-state index is 12.4. The van der Waals surface area contributed by atoms with Gasteiger partial charge in [0.1, 0.15) is 5.75 Å². The van der Waals surface area contributed by atoms with E-state index in [1.165, 1.54) is 6.42 Å². The van der Waals surface area contributed by atoms with Crippen LogP contribution in [0.2, 0.25) is 0 Å². The van der Waals surface area contributed by atoms with Crippen LogP contribution in [0.1, 0.15) is 43.0 Å². The Labute approximate surface area is 124 Å². The number of rotatable bonds is 5. The van der Waals surface area contributed by atoms with Crippen molar-refractivity contribution >= 4 is 11.8 Å². The molecule has 5 nitrogen and oxygen atoms in total. The second-order valence-electron chi connectivity index (χ2n) is 5.59. The maximum Gasteiger partial charge on any atom is 0.255 e. The third-order valence-corrected chi connectivity index (χ3v) is 3.93. The van der Waals surface area contributed by atoms with E-state index in [4.69, 9.17) is 10.5 Å². The number of carbonyl (C=O) groups is 2. The summed E-state index contributed by atoms with van der Waals surface area (Å²) in [6.45, 7) is 1.93. The summed E-state index contributed by atoms with van der Waals surface area (Å²) < 4.78 is 5.30. The lowest BCUT2D eigenvalue weighted by Gasteiger charge is -2.29. The van der Waals surface area contributed by atoms with Crippen molar-refractivity contribution in [3.8, 4) is 5.75 Å². The molecule has 2 unspecified atom stereocenters. The van der Waals surface area contributed by atoms with E-state index in [1.54, 1.807) is 24.3 Å². The minimum atomic E-state index is -0.564. The second kappa shape index (κ2) is 7.11. The average Bonchev–Trinajstić information content (AvgIpc) is 2.47. The minimum absolute atomic E-state index is 0.158. The number of benzene rings is 1. The molecule has 0 aliphatic heterocycles. The first-order chi connectivity index (χ1) is 10.1. The number of primary amides is 1. The molecular formula is C16H22N2O3. The molecule has 114 valence electrons. The van der Waals surface area contributed by atoms with E-state index in [2.05, 4.69) is 12.2 Å². The topological polar surface area (TPSA) is 81.4 Å². The van der Waals surface area contributed by atoms with Crippen LogP contribution in [-0.4, -0.2) is 24.5 Å². The molecule has 3 N–H and O–H groups in total. The summed E-state index contributed by atoms with van der Waals surface area (Å²) in [5.41, 5.74) is 5.51. The van der Waals surface area contributed by atoms with Gasteiger partial charge in [-0.2, -0.15) is 0 Å². The van der Waals surface area contributed by atoms with Crippen molar-refractivity contribution in [1.82, 2.24) is 5.32 Å². The molecule has 0 aromatic heterocycles. The van der Waals surface area contributed by atoms with Crippen molar-refractivity contribution in [2.75, 3.05) is 6.61 Å². The lowest BCUT2D eigenvalue weighted by molar-refractivity contribution is -0.119. The summed E-state index contributed by atoms with van der Waals surface area (Å²) in [6, 6.07) is 7.10. The van der Waals surface area contributed by atoms with E-state index >= 15 is 0 Å². The van der Waals surface area contributed by atoms with Crippen LogP contribution in [0.15, 0.2) is 24.3 Å². The van der Waals surface area contributed by atoms with Crippen LogP contribution in [0.3, 0.4) is 0 Å². The molecule has 1 fully saturated rings. The number of nitrogens with two attached hydrogens (primary N) is 1. The van der Waals surface area contributed by atoms with E-state index in [0.29, 0.717) is 17.2 Å². The Morgan fingerprint density at radius 1 is 1.29 bits per heavy atom. The smallest absolute Gasteiger partial charge is 0.255 e. The SMILES string of the molecule is CC1CCCCC1NC(=O)c1ccccc1OCC(N)=O. The highest BCUT2D eigenvalue weighted by Crippen LogP contribution is 2.25. The third kappa shape index (κ3) is 4.21. The predicted molar refractivity (Wildman–Crippen MR) is 80.0 cm³/mol. The van der Waals surface area contributed by atoms with Gasteiger partial charge in [-0.15, -0.1) is 0 Å². The van der Waals surface area contributed by atoms with E-state index in [1.807, 2.05) is 0 Å². The highest BCUT2D eigenvalue weighted by atomic mass is 16.5. The van der Waals surface area contributed by atoms with Crippen molar-refractivity contribution in [1.29, 1.82) is 0 Å². The number of carbonyl (C=O) groups excluding carboxylic acids is 2. The molecule has 0 radical (unpaired) electrons. The van der Waals surface area contributed by atoms with Crippen molar-refractivity contribution in [2.45, 2.75) is 38.6 Å².